The summed E-state index contributed by atoms with van der Waals surface area (Å²) in [6.45, 7) is 0.185. The van der Waals surface area contributed by atoms with E-state index in [9.17, 15) is 12.8 Å². The van der Waals surface area contributed by atoms with E-state index in [0.29, 0.717) is 0 Å². The summed E-state index contributed by atoms with van der Waals surface area (Å²) in [4.78, 5) is 3.70. The molecule has 1 saturated carbocycles. The van der Waals surface area contributed by atoms with E-state index in [1.807, 2.05) is 0 Å². The second-order valence-electron chi connectivity index (χ2n) is 4.89. The number of alkyl halides is 1. The summed E-state index contributed by atoms with van der Waals surface area (Å²) < 4.78 is 40.3. The average Bonchev–Trinajstić information content (AvgIpc) is 2.45. The Labute approximate surface area is 124 Å². The Bertz CT molecular complexity index is 547. The lowest BCUT2D eigenvalue weighted by Gasteiger charge is -2.32. The van der Waals surface area contributed by atoms with Crippen LogP contribution in [0.3, 0.4) is 0 Å². The minimum Gasteiger partial charge on any atom is -0.241 e. The molecule has 1 aromatic rings. The Morgan fingerprint density at radius 3 is 2.65 bits per heavy atom. The lowest BCUT2D eigenvalue weighted by atomic mass is 9.95. The van der Waals surface area contributed by atoms with Crippen molar-refractivity contribution in [3.63, 3.8) is 0 Å². The van der Waals surface area contributed by atoms with Crippen molar-refractivity contribution in [2.24, 2.45) is 0 Å². The molecule has 0 radical (unpaired) electrons. The van der Waals surface area contributed by atoms with Gasteiger partial charge < -0.3 is 0 Å². The van der Waals surface area contributed by atoms with Gasteiger partial charge in [0, 0.05) is 24.7 Å². The van der Waals surface area contributed by atoms with E-state index >= 15 is 0 Å². The summed E-state index contributed by atoms with van der Waals surface area (Å²) in [5, 5.41) is -0.504. The molecule has 1 aromatic heterocycles. The molecule has 0 N–H and O–H groups in total. The quantitative estimate of drug-likeness (QED) is 0.784. The molecule has 0 aromatic carbocycles. The van der Waals surface area contributed by atoms with Gasteiger partial charge in [-0.25, -0.2) is 17.8 Å². The van der Waals surface area contributed by atoms with Crippen LogP contribution in [-0.2, 0) is 10.0 Å². The lowest BCUT2D eigenvalue weighted by Crippen LogP contribution is -2.43. The molecule has 0 atom stereocenters. The summed E-state index contributed by atoms with van der Waals surface area (Å²) in [7, 11) is -3.93. The predicted molar refractivity (Wildman–Crippen MR) is 75.7 cm³/mol. The van der Waals surface area contributed by atoms with E-state index in [-0.39, 0.29) is 18.5 Å². The van der Waals surface area contributed by atoms with Crippen molar-refractivity contribution in [3.05, 3.63) is 24.1 Å². The number of pyridine rings is 1. The zero-order valence-corrected chi connectivity index (χ0v) is 12.7. The Morgan fingerprint density at radius 1 is 1.35 bits per heavy atom. The Kier molecular flexibility index (Phi) is 5.35. The minimum absolute atomic E-state index is 0.103. The Balaban J connectivity index is 2.34. The number of hydrogen-bond donors (Lipinski definition) is 0. The SMILES string of the molecule is O=S(=O)(c1ncccc1F)N(CCCl)C1CCCCC1. The fourth-order valence-electron chi connectivity index (χ4n) is 2.62. The molecule has 7 heteroatoms. The molecule has 112 valence electrons. The zero-order valence-electron chi connectivity index (χ0n) is 11.1. The summed E-state index contributed by atoms with van der Waals surface area (Å²) >= 11 is 5.73. The first-order valence-electron chi connectivity index (χ1n) is 6.75. The summed E-state index contributed by atoms with van der Waals surface area (Å²) in [6, 6.07) is 2.38. The largest absolute Gasteiger partial charge is 0.263 e. The maximum Gasteiger partial charge on any atom is 0.263 e. The van der Waals surface area contributed by atoms with Gasteiger partial charge in [-0.2, -0.15) is 4.31 Å². The van der Waals surface area contributed by atoms with Gasteiger partial charge in [0.15, 0.2) is 5.82 Å². The number of nitrogens with zero attached hydrogens (tertiary/aromatic N) is 2. The van der Waals surface area contributed by atoms with E-state index in [1.165, 1.54) is 16.6 Å². The van der Waals surface area contributed by atoms with Crippen molar-refractivity contribution in [3.8, 4) is 0 Å². The van der Waals surface area contributed by atoms with Gasteiger partial charge in [0.25, 0.3) is 10.0 Å². The molecule has 0 unspecified atom stereocenters. The summed E-state index contributed by atoms with van der Waals surface area (Å²) in [5.74, 6) is -0.632. The second-order valence-corrected chi connectivity index (χ2v) is 7.07. The lowest BCUT2D eigenvalue weighted by molar-refractivity contribution is 0.260. The van der Waals surface area contributed by atoms with Crippen LogP contribution in [0.25, 0.3) is 0 Å². The number of sulfonamides is 1. The van der Waals surface area contributed by atoms with Gasteiger partial charge in [-0.05, 0) is 25.0 Å². The maximum atomic E-state index is 13.8. The Hall–Kier alpha value is -0.720. The van der Waals surface area contributed by atoms with E-state index < -0.39 is 20.9 Å². The van der Waals surface area contributed by atoms with Crippen LogP contribution >= 0.6 is 11.6 Å². The molecule has 1 fully saturated rings. The zero-order chi connectivity index (χ0) is 14.6. The fourth-order valence-corrected chi connectivity index (χ4v) is 4.57. The van der Waals surface area contributed by atoms with Crippen molar-refractivity contribution in [1.82, 2.24) is 9.29 Å². The smallest absolute Gasteiger partial charge is 0.241 e. The molecular formula is C13H18ClFN2O2S. The second kappa shape index (κ2) is 6.83. The third-order valence-electron chi connectivity index (χ3n) is 3.56. The van der Waals surface area contributed by atoms with Gasteiger partial charge in [0.05, 0.1) is 0 Å². The van der Waals surface area contributed by atoms with Gasteiger partial charge in [0.1, 0.15) is 0 Å². The normalized spacial score (nSPS) is 17.6. The fraction of sp³-hybridized carbons (Fsp3) is 0.615. The van der Waals surface area contributed by atoms with E-state index in [1.54, 1.807) is 0 Å². The molecule has 0 spiro atoms. The van der Waals surface area contributed by atoms with Gasteiger partial charge in [-0.3, -0.25) is 0 Å². The number of rotatable bonds is 5. The highest BCUT2D eigenvalue weighted by Crippen LogP contribution is 2.27. The van der Waals surface area contributed by atoms with E-state index in [2.05, 4.69) is 4.98 Å². The van der Waals surface area contributed by atoms with Crippen LogP contribution in [0.4, 0.5) is 4.39 Å². The standard InChI is InChI=1S/C13H18ClFN2O2S/c14-8-10-17(11-5-2-1-3-6-11)20(18,19)13-12(15)7-4-9-16-13/h4,7,9,11H,1-3,5-6,8,10H2. The molecule has 1 aliphatic rings. The first kappa shape index (κ1) is 15.7. The molecule has 2 rings (SSSR count). The number of halogens is 2. The molecule has 0 saturated heterocycles. The molecular weight excluding hydrogens is 303 g/mol. The molecule has 1 aliphatic carbocycles. The molecule has 4 nitrogen and oxygen atoms in total. The predicted octanol–water partition coefficient (Wildman–Crippen LogP) is 2.78. The first-order chi connectivity index (χ1) is 9.57. The van der Waals surface area contributed by atoms with Crippen molar-refractivity contribution in [1.29, 1.82) is 0 Å². The van der Waals surface area contributed by atoms with Gasteiger partial charge in [0.2, 0.25) is 5.03 Å². The maximum absolute atomic E-state index is 13.8. The van der Waals surface area contributed by atoms with Crippen LogP contribution in [0.2, 0.25) is 0 Å². The molecule has 0 amide bonds. The number of hydrogen-bond acceptors (Lipinski definition) is 3. The van der Waals surface area contributed by atoms with Crippen molar-refractivity contribution >= 4 is 21.6 Å². The van der Waals surface area contributed by atoms with Gasteiger partial charge >= 0.3 is 0 Å². The highest BCUT2D eigenvalue weighted by atomic mass is 35.5. The molecule has 20 heavy (non-hydrogen) atoms. The third kappa shape index (κ3) is 3.30. The topological polar surface area (TPSA) is 50.3 Å². The molecule has 1 heterocycles. The Morgan fingerprint density at radius 2 is 2.05 bits per heavy atom. The first-order valence-corrected chi connectivity index (χ1v) is 8.73. The highest BCUT2D eigenvalue weighted by molar-refractivity contribution is 7.89. The van der Waals surface area contributed by atoms with Crippen molar-refractivity contribution < 1.29 is 12.8 Å². The van der Waals surface area contributed by atoms with Crippen LogP contribution in [0, 0.1) is 5.82 Å². The summed E-state index contributed by atoms with van der Waals surface area (Å²) in [6.07, 6.45) is 5.97. The number of aromatic nitrogens is 1. The van der Waals surface area contributed by atoms with Crippen LogP contribution in [-0.4, -0.2) is 36.2 Å². The molecule has 0 bridgehead atoms. The van der Waals surface area contributed by atoms with Gasteiger partial charge in [-0.1, -0.05) is 19.3 Å². The minimum atomic E-state index is -3.93. The third-order valence-corrected chi connectivity index (χ3v) is 5.62. The summed E-state index contributed by atoms with van der Waals surface area (Å²) in [5.41, 5.74) is 0. The average molecular weight is 321 g/mol. The van der Waals surface area contributed by atoms with Crippen LogP contribution in [0.15, 0.2) is 23.4 Å². The van der Waals surface area contributed by atoms with E-state index in [0.717, 1.165) is 38.2 Å². The van der Waals surface area contributed by atoms with Crippen molar-refractivity contribution in [2.45, 2.75) is 43.2 Å². The van der Waals surface area contributed by atoms with Gasteiger partial charge in [-0.15, -0.1) is 11.6 Å². The highest BCUT2D eigenvalue weighted by Gasteiger charge is 2.34. The molecule has 0 aliphatic heterocycles. The van der Waals surface area contributed by atoms with E-state index in [4.69, 9.17) is 11.6 Å². The van der Waals surface area contributed by atoms with Crippen LogP contribution in [0.1, 0.15) is 32.1 Å². The van der Waals surface area contributed by atoms with Crippen LogP contribution in [0.5, 0.6) is 0 Å². The van der Waals surface area contributed by atoms with Crippen molar-refractivity contribution in [2.75, 3.05) is 12.4 Å². The monoisotopic (exact) mass is 320 g/mol. The van der Waals surface area contributed by atoms with Crippen LogP contribution < -0.4 is 0 Å².